The molecular weight excluding hydrogens is 199 g/mol. The molecule has 0 saturated carbocycles. The average Bonchev–Trinajstić information content (AvgIpc) is 2.63. The van der Waals surface area contributed by atoms with Crippen molar-refractivity contribution in [3.05, 3.63) is 0 Å². The molecule has 0 bridgehead atoms. The predicted molar refractivity (Wildman–Crippen MR) is 54.3 cm³/mol. The van der Waals surface area contributed by atoms with Gasteiger partial charge < -0.3 is 19.1 Å². The highest BCUT2D eigenvalue weighted by molar-refractivity contribution is 6.21. The van der Waals surface area contributed by atoms with Crippen molar-refractivity contribution in [2.75, 3.05) is 28.2 Å². The van der Waals surface area contributed by atoms with Crippen LogP contribution in [-0.2, 0) is 18.9 Å². The number of hydrogen-bond acceptors (Lipinski definition) is 4. The van der Waals surface area contributed by atoms with E-state index in [1.807, 2.05) is 0 Å². The van der Waals surface area contributed by atoms with Crippen LogP contribution in [0.4, 0.5) is 0 Å². The number of carbonyl (C=O) groups is 2. The Morgan fingerprint density at radius 2 is 1.27 bits per heavy atom. The van der Waals surface area contributed by atoms with Gasteiger partial charge in [0, 0.05) is 28.2 Å². The molecule has 0 aromatic heterocycles. The van der Waals surface area contributed by atoms with Crippen LogP contribution in [-0.4, -0.2) is 69.7 Å². The number of nitrogens with zero attached hydrogens (tertiary/aromatic N) is 2. The fourth-order valence-electron chi connectivity index (χ4n) is 1.27. The van der Waals surface area contributed by atoms with E-state index >= 15 is 0 Å². The molecule has 0 aromatic rings. The normalized spacial score (nSPS) is 24.5. The van der Waals surface area contributed by atoms with Gasteiger partial charge in [-0.15, -0.1) is 0 Å². The SMILES string of the molecule is CN(C)C(=O)C1OBOC1C(=O)N(C)C. The molecule has 1 aliphatic rings. The molecule has 0 aliphatic carbocycles. The molecule has 0 aromatic carbocycles. The largest absolute Gasteiger partial charge is 0.439 e. The van der Waals surface area contributed by atoms with Crippen LogP contribution in [0, 0.1) is 0 Å². The van der Waals surface area contributed by atoms with Gasteiger partial charge in [0.05, 0.1) is 0 Å². The molecule has 1 rings (SSSR count). The summed E-state index contributed by atoms with van der Waals surface area (Å²) in [6.07, 6.45) is -1.65. The fraction of sp³-hybridized carbons (Fsp3) is 0.750. The van der Waals surface area contributed by atoms with Crippen molar-refractivity contribution >= 4 is 19.5 Å². The van der Waals surface area contributed by atoms with Crippen LogP contribution in [0.15, 0.2) is 0 Å². The van der Waals surface area contributed by atoms with Gasteiger partial charge in [0.25, 0.3) is 11.8 Å². The summed E-state index contributed by atoms with van der Waals surface area (Å²) in [6.45, 7) is 0. The molecule has 6 nitrogen and oxygen atoms in total. The summed E-state index contributed by atoms with van der Waals surface area (Å²) in [4.78, 5) is 26.0. The molecular formula is C8H15BN2O4. The lowest BCUT2D eigenvalue weighted by Crippen LogP contribution is -2.47. The maximum Gasteiger partial charge on any atom is 0.439 e. The Bertz CT molecular complexity index is 243. The number of carbonyl (C=O) groups excluding carboxylic acids is 2. The number of likely N-dealkylation sites (N-methyl/N-ethyl adjacent to an activating group) is 2. The van der Waals surface area contributed by atoms with Crippen LogP contribution in [0.5, 0.6) is 0 Å². The van der Waals surface area contributed by atoms with Gasteiger partial charge >= 0.3 is 7.69 Å². The lowest BCUT2D eigenvalue weighted by atomic mass is 10.1. The van der Waals surface area contributed by atoms with E-state index in [9.17, 15) is 9.59 Å². The first-order valence-corrected chi connectivity index (χ1v) is 4.60. The van der Waals surface area contributed by atoms with E-state index in [1.165, 1.54) is 9.80 Å². The summed E-state index contributed by atoms with van der Waals surface area (Å²) in [6, 6.07) is 0. The van der Waals surface area contributed by atoms with Crippen molar-refractivity contribution in [3.8, 4) is 0 Å². The molecule has 15 heavy (non-hydrogen) atoms. The van der Waals surface area contributed by atoms with Crippen molar-refractivity contribution in [1.82, 2.24) is 9.80 Å². The van der Waals surface area contributed by atoms with Crippen LogP contribution in [0.2, 0.25) is 0 Å². The summed E-state index contributed by atoms with van der Waals surface area (Å²) >= 11 is 0. The summed E-state index contributed by atoms with van der Waals surface area (Å²) in [5, 5.41) is 0. The molecule has 1 saturated heterocycles. The maximum atomic E-state index is 11.6. The van der Waals surface area contributed by atoms with E-state index < -0.39 is 12.2 Å². The quantitative estimate of drug-likeness (QED) is 0.509. The molecule has 0 N–H and O–H groups in total. The number of amides is 2. The fourth-order valence-corrected chi connectivity index (χ4v) is 1.27. The minimum Gasteiger partial charge on any atom is -0.400 e. The predicted octanol–water partition coefficient (Wildman–Crippen LogP) is -1.79. The van der Waals surface area contributed by atoms with Gasteiger partial charge in [-0.2, -0.15) is 0 Å². The molecule has 0 spiro atoms. The maximum absolute atomic E-state index is 11.6. The van der Waals surface area contributed by atoms with E-state index in [2.05, 4.69) is 0 Å². The van der Waals surface area contributed by atoms with Crippen molar-refractivity contribution < 1.29 is 18.9 Å². The van der Waals surface area contributed by atoms with Gasteiger partial charge in [0.2, 0.25) is 0 Å². The number of hydrogen-bond donors (Lipinski definition) is 0. The Labute approximate surface area is 89.4 Å². The van der Waals surface area contributed by atoms with Gasteiger partial charge in [-0.3, -0.25) is 9.59 Å². The van der Waals surface area contributed by atoms with Crippen molar-refractivity contribution in [2.45, 2.75) is 12.2 Å². The first-order chi connectivity index (χ1) is 6.95. The van der Waals surface area contributed by atoms with Crippen molar-refractivity contribution in [3.63, 3.8) is 0 Å². The molecule has 0 radical (unpaired) electrons. The van der Waals surface area contributed by atoms with Gasteiger partial charge in [-0.25, -0.2) is 0 Å². The molecule has 2 amide bonds. The molecule has 1 heterocycles. The summed E-state index contributed by atoms with van der Waals surface area (Å²) in [5.41, 5.74) is 0. The Hall–Kier alpha value is -1.08. The monoisotopic (exact) mass is 214 g/mol. The van der Waals surface area contributed by atoms with E-state index in [1.54, 1.807) is 28.2 Å². The van der Waals surface area contributed by atoms with Gasteiger partial charge in [-0.1, -0.05) is 0 Å². The second-order valence-electron chi connectivity index (χ2n) is 3.76. The van der Waals surface area contributed by atoms with E-state index in [-0.39, 0.29) is 19.5 Å². The zero-order chi connectivity index (χ0) is 11.6. The average molecular weight is 214 g/mol. The lowest BCUT2D eigenvalue weighted by molar-refractivity contribution is -0.146. The second kappa shape index (κ2) is 4.63. The van der Waals surface area contributed by atoms with Crippen LogP contribution in [0.1, 0.15) is 0 Å². The van der Waals surface area contributed by atoms with Crippen LogP contribution < -0.4 is 0 Å². The standard InChI is InChI=1S/C8H15BN2O4/c1-10(2)7(12)5-6(15-9-14-5)8(13)11(3)4/h5-6,9H,1-4H3. The summed E-state index contributed by atoms with van der Waals surface area (Å²) in [7, 11) is 6.43. The highest BCUT2D eigenvalue weighted by Crippen LogP contribution is 2.15. The van der Waals surface area contributed by atoms with Gasteiger partial charge in [0.1, 0.15) is 0 Å². The third-order valence-electron chi connectivity index (χ3n) is 2.14. The smallest absolute Gasteiger partial charge is 0.400 e. The van der Waals surface area contributed by atoms with Crippen LogP contribution in [0.3, 0.4) is 0 Å². The summed E-state index contributed by atoms with van der Waals surface area (Å²) in [5.74, 6) is -0.514. The highest BCUT2D eigenvalue weighted by Gasteiger charge is 2.41. The first kappa shape index (κ1) is 12.0. The molecule has 7 heteroatoms. The minimum atomic E-state index is -0.824. The number of rotatable bonds is 2. The molecule has 1 aliphatic heterocycles. The Kier molecular flexibility index (Phi) is 3.70. The van der Waals surface area contributed by atoms with Crippen molar-refractivity contribution in [1.29, 1.82) is 0 Å². The molecule has 84 valence electrons. The Balaban J connectivity index is 2.73. The Morgan fingerprint density at radius 3 is 1.53 bits per heavy atom. The van der Waals surface area contributed by atoms with E-state index in [0.717, 1.165) is 0 Å². The molecule has 2 atom stereocenters. The third kappa shape index (κ3) is 2.48. The molecule has 1 fully saturated rings. The van der Waals surface area contributed by atoms with Crippen molar-refractivity contribution in [2.24, 2.45) is 0 Å². The van der Waals surface area contributed by atoms with Crippen LogP contribution >= 0.6 is 0 Å². The molecule has 2 unspecified atom stereocenters. The second-order valence-corrected chi connectivity index (χ2v) is 3.76. The highest BCUT2D eigenvalue weighted by atomic mass is 16.6. The third-order valence-corrected chi connectivity index (χ3v) is 2.14. The zero-order valence-corrected chi connectivity index (χ0v) is 9.39. The van der Waals surface area contributed by atoms with Crippen LogP contribution in [0.25, 0.3) is 0 Å². The zero-order valence-electron chi connectivity index (χ0n) is 9.39. The Morgan fingerprint density at radius 1 is 0.933 bits per heavy atom. The van der Waals surface area contributed by atoms with Gasteiger partial charge in [-0.05, 0) is 0 Å². The van der Waals surface area contributed by atoms with E-state index in [4.69, 9.17) is 9.31 Å². The lowest BCUT2D eigenvalue weighted by Gasteiger charge is -2.22. The summed E-state index contributed by atoms with van der Waals surface area (Å²) < 4.78 is 10.2. The van der Waals surface area contributed by atoms with Gasteiger partial charge in [0.15, 0.2) is 12.2 Å². The van der Waals surface area contributed by atoms with E-state index in [0.29, 0.717) is 0 Å². The topological polar surface area (TPSA) is 59.1 Å². The first-order valence-electron chi connectivity index (χ1n) is 4.60. The minimum absolute atomic E-state index is 0.0194.